The van der Waals surface area contributed by atoms with Crippen LogP contribution in [0.5, 0.6) is 0 Å². The third kappa shape index (κ3) is 3.03. The molecule has 0 amide bonds. The first-order valence-corrected chi connectivity index (χ1v) is 8.35. The highest BCUT2D eigenvalue weighted by molar-refractivity contribution is 7.89. The average Bonchev–Trinajstić information content (AvgIpc) is 2.46. The molecule has 0 bridgehead atoms. The first-order valence-electron chi connectivity index (χ1n) is 6.87. The molecular weight excluding hydrogens is 292 g/mol. The summed E-state index contributed by atoms with van der Waals surface area (Å²) in [4.78, 5) is 3.90. The van der Waals surface area contributed by atoms with E-state index in [1.54, 1.807) is 0 Å². The van der Waals surface area contributed by atoms with E-state index in [0.29, 0.717) is 18.7 Å². The van der Waals surface area contributed by atoms with Crippen LogP contribution in [0.3, 0.4) is 0 Å². The predicted molar refractivity (Wildman–Crippen MR) is 80.0 cm³/mol. The van der Waals surface area contributed by atoms with Crippen molar-refractivity contribution in [3.63, 3.8) is 0 Å². The number of nitrogens with zero attached hydrogens (tertiary/aromatic N) is 1. The molecule has 1 heterocycles. The number of hydrogen-bond acceptors (Lipinski definition) is 6. The molecule has 21 heavy (non-hydrogen) atoms. The Hall–Kier alpha value is -1.22. The average molecular weight is 314 g/mol. The van der Waals surface area contributed by atoms with Gasteiger partial charge in [-0.2, -0.15) is 0 Å². The van der Waals surface area contributed by atoms with Crippen LogP contribution in [0.25, 0.3) is 0 Å². The second-order valence-corrected chi connectivity index (χ2v) is 7.37. The number of nitrogen functional groups attached to an aromatic ring is 1. The number of anilines is 1. The van der Waals surface area contributed by atoms with E-state index < -0.39 is 10.0 Å². The maximum Gasteiger partial charge on any atom is 0.244 e. The van der Waals surface area contributed by atoms with Gasteiger partial charge in [-0.25, -0.2) is 13.1 Å². The second-order valence-electron chi connectivity index (χ2n) is 5.69. The molecule has 0 spiro atoms. The second kappa shape index (κ2) is 5.88. The van der Waals surface area contributed by atoms with Crippen LogP contribution in [0.4, 0.5) is 5.69 Å². The van der Waals surface area contributed by atoms with Gasteiger partial charge in [0.15, 0.2) is 0 Å². The van der Waals surface area contributed by atoms with Gasteiger partial charge in [0.25, 0.3) is 0 Å². The molecule has 4 N–H and O–H groups in total. The van der Waals surface area contributed by atoms with Crippen molar-refractivity contribution in [2.24, 2.45) is 11.3 Å². The molecule has 1 aromatic rings. The normalized spacial score (nSPS) is 24.4. The van der Waals surface area contributed by atoms with Gasteiger partial charge in [-0.1, -0.05) is 13.8 Å². The number of rotatable bonds is 6. The summed E-state index contributed by atoms with van der Waals surface area (Å²) in [5.41, 5.74) is 2.44. The Labute approximate surface area is 125 Å². The lowest BCUT2D eigenvalue weighted by Gasteiger charge is -2.51. The SMILES string of the molecule is CCOC1CC(NS(=O)(=O)c2cnccc2NN)C1(C)C. The number of hydrogen-bond donors (Lipinski definition) is 3. The van der Waals surface area contributed by atoms with E-state index in [2.05, 4.69) is 15.1 Å². The highest BCUT2D eigenvalue weighted by Crippen LogP contribution is 2.43. The van der Waals surface area contributed by atoms with Crippen molar-refractivity contribution in [1.29, 1.82) is 0 Å². The first-order chi connectivity index (χ1) is 9.82. The summed E-state index contributed by atoms with van der Waals surface area (Å²) in [5.74, 6) is 5.35. The highest BCUT2D eigenvalue weighted by Gasteiger charge is 2.50. The molecule has 1 fully saturated rings. The Morgan fingerprint density at radius 3 is 2.81 bits per heavy atom. The van der Waals surface area contributed by atoms with Crippen molar-refractivity contribution in [1.82, 2.24) is 9.71 Å². The Kier molecular flexibility index (Phi) is 4.52. The van der Waals surface area contributed by atoms with Crippen LogP contribution < -0.4 is 16.0 Å². The third-order valence-corrected chi connectivity index (χ3v) is 5.57. The standard InChI is InChI=1S/C13H22N4O3S/c1-4-20-12-7-11(13(12,2)3)17-21(18,19)10-8-15-6-5-9(10)16-14/h5-6,8,11-12,17H,4,7,14H2,1-3H3,(H,15,16). The summed E-state index contributed by atoms with van der Waals surface area (Å²) in [5, 5.41) is 0. The van der Waals surface area contributed by atoms with E-state index in [1.165, 1.54) is 18.5 Å². The fourth-order valence-electron chi connectivity index (χ4n) is 2.53. The number of sulfonamides is 1. The molecule has 0 radical (unpaired) electrons. The van der Waals surface area contributed by atoms with Gasteiger partial charge in [-0.05, 0) is 19.4 Å². The molecule has 0 aromatic carbocycles. The summed E-state index contributed by atoms with van der Waals surface area (Å²) in [6, 6.07) is 1.34. The minimum atomic E-state index is -3.68. The minimum Gasteiger partial charge on any atom is -0.378 e. The largest absolute Gasteiger partial charge is 0.378 e. The van der Waals surface area contributed by atoms with Crippen molar-refractivity contribution in [3.05, 3.63) is 18.5 Å². The Bertz CT molecular complexity index is 603. The van der Waals surface area contributed by atoms with Crippen molar-refractivity contribution >= 4 is 15.7 Å². The third-order valence-electron chi connectivity index (χ3n) is 4.07. The fraction of sp³-hybridized carbons (Fsp3) is 0.615. The lowest BCUT2D eigenvalue weighted by atomic mass is 9.65. The molecule has 0 aliphatic heterocycles. The monoisotopic (exact) mass is 314 g/mol. The molecule has 0 saturated heterocycles. The van der Waals surface area contributed by atoms with Gasteiger partial charge >= 0.3 is 0 Å². The molecule has 2 rings (SSSR count). The van der Waals surface area contributed by atoms with Crippen LogP contribution in [0, 0.1) is 5.41 Å². The van der Waals surface area contributed by atoms with Gasteiger partial charge in [0.2, 0.25) is 10.0 Å². The van der Waals surface area contributed by atoms with Crippen molar-refractivity contribution < 1.29 is 13.2 Å². The molecular formula is C13H22N4O3S. The van der Waals surface area contributed by atoms with Crippen LogP contribution in [0.2, 0.25) is 0 Å². The quantitative estimate of drug-likeness (QED) is 0.531. The molecule has 2 unspecified atom stereocenters. The number of nitrogens with two attached hydrogens (primary N) is 1. The van der Waals surface area contributed by atoms with Gasteiger partial charge in [-0.15, -0.1) is 0 Å². The summed E-state index contributed by atoms with van der Waals surface area (Å²) in [7, 11) is -3.68. The molecule has 7 nitrogen and oxygen atoms in total. The topological polar surface area (TPSA) is 106 Å². The van der Waals surface area contributed by atoms with Crippen molar-refractivity contribution in [2.45, 2.75) is 44.2 Å². The minimum absolute atomic E-state index is 0.0446. The maximum atomic E-state index is 12.5. The summed E-state index contributed by atoms with van der Waals surface area (Å²) in [6.45, 7) is 6.55. The van der Waals surface area contributed by atoms with Crippen LogP contribution in [0.15, 0.2) is 23.4 Å². The smallest absolute Gasteiger partial charge is 0.244 e. The zero-order valence-electron chi connectivity index (χ0n) is 12.5. The number of pyridine rings is 1. The molecule has 8 heteroatoms. The van der Waals surface area contributed by atoms with E-state index in [9.17, 15) is 8.42 Å². The summed E-state index contributed by atoms with van der Waals surface area (Å²) < 4.78 is 33.3. The first kappa shape index (κ1) is 16.2. The van der Waals surface area contributed by atoms with E-state index >= 15 is 0 Å². The Morgan fingerprint density at radius 1 is 1.52 bits per heavy atom. The van der Waals surface area contributed by atoms with Crippen LogP contribution in [-0.2, 0) is 14.8 Å². The van der Waals surface area contributed by atoms with E-state index in [1.807, 2.05) is 20.8 Å². The Balaban J connectivity index is 2.16. The van der Waals surface area contributed by atoms with E-state index in [-0.39, 0.29) is 22.5 Å². The number of hydrazine groups is 1. The van der Waals surface area contributed by atoms with Crippen LogP contribution in [-0.4, -0.2) is 32.2 Å². The Morgan fingerprint density at radius 2 is 2.24 bits per heavy atom. The van der Waals surface area contributed by atoms with Gasteiger partial charge in [0, 0.05) is 30.5 Å². The fourth-order valence-corrected chi connectivity index (χ4v) is 4.05. The lowest BCUT2D eigenvalue weighted by molar-refractivity contribution is -0.108. The molecule has 1 aromatic heterocycles. The summed E-state index contributed by atoms with van der Waals surface area (Å²) in [6.07, 6.45) is 3.48. The predicted octanol–water partition coefficient (Wildman–Crippen LogP) is 0.849. The highest BCUT2D eigenvalue weighted by atomic mass is 32.2. The molecule has 2 atom stereocenters. The zero-order chi connectivity index (χ0) is 15.7. The maximum absolute atomic E-state index is 12.5. The molecule has 1 aliphatic rings. The van der Waals surface area contributed by atoms with E-state index in [4.69, 9.17) is 10.6 Å². The van der Waals surface area contributed by atoms with Gasteiger partial charge in [0.05, 0.1) is 11.8 Å². The summed E-state index contributed by atoms with van der Waals surface area (Å²) >= 11 is 0. The number of ether oxygens (including phenoxy) is 1. The number of nitrogens with one attached hydrogen (secondary N) is 2. The van der Waals surface area contributed by atoms with Crippen molar-refractivity contribution in [3.8, 4) is 0 Å². The molecule has 1 saturated carbocycles. The number of aromatic nitrogens is 1. The zero-order valence-corrected chi connectivity index (χ0v) is 13.3. The van der Waals surface area contributed by atoms with Crippen molar-refractivity contribution in [2.75, 3.05) is 12.0 Å². The van der Waals surface area contributed by atoms with E-state index in [0.717, 1.165) is 0 Å². The van der Waals surface area contributed by atoms with Crippen LogP contribution >= 0.6 is 0 Å². The van der Waals surface area contributed by atoms with Gasteiger partial charge in [0.1, 0.15) is 4.90 Å². The van der Waals surface area contributed by atoms with Crippen LogP contribution in [0.1, 0.15) is 27.2 Å². The lowest BCUT2D eigenvalue weighted by Crippen LogP contribution is -2.61. The molecule has 118 valence electrons. The molecule has 1 aliphatic carbocycles. The van der Waals surface area contributed by atoms with Gasteiger partial charge < -0.3 is 10.2 Å². The van der Waals surface area contributed by atoms with Gasteiger partial charge in [-0.3, -0.25) is 10.8 Å².